The molecule has 0 bridgehead atoms. The highest BCUT2D eigenvalue weighted by Crippen LogP contribution is 2.18. The Morgan fingerprint density at radius 3 is 2.37 bits per heavy atom. The second-order valence-corrected chi connectivity index (χ2v) is 6.74. The highest BCUT2D eigenvalue weighted by molar-refractivity contribution is 6.03. The lowest BCUT2D eigenvalue weighted by Gasteiger charge is -2.16. The van der Waals surface area contributed by atoms with Gasteiger partial charge in [-0.2, -0.15) is 0 Å². The Kier molecular flexibility index (Phi) is 8.77. The van der Waals surface area contributed by atoms with E-state index < -0.39 is 23.6 Å². The van der Waals surface area contributed by atoms with Crippen molar-refractivity contribution >= 4 is 35.3 Å². The van der Waals surface area contributed by atoms with Crippen molar-refractivity contribution in [3.05, 3.63) is 0 Å². The Bertz CT molecular complexity index is 631. The Morgan fingerprint density at radius 2 is 1.85 bits per heavy atom. The van der Waals surface area contributed by atoms with Crippen molar-refractivity contribution in [3.63, 3.8) is 0 Å². The van der Waals surface area contributed by atoms with Gasteiger partial charge in [-0.3, -0.25) is 39.0 Å². The van der Waals surface area contributed by atoms with Gasteiger partial charge in [-0.1, -0.05) is 13.8 Å². The molecule has 0 aliphatic carbocycles. The van der Waals surface area contributed by atoms with Crippen molar-refractivity contribution in [1.29, 1.82) is 0 Å². The van der Waals surface area contributed by atoms with Gasteiger partial charge in [0.15, 0.2) is 0 Å². The standard InChI is InChI=1S/C18H27N3O6/c1-4-14(23)9-13(17(26)20-12(3)22)10-15(24)19-6-5-7-21-16(25)8-11(2)18(21)27/h11,13H,4-10H2,1-3H3,(H,19,24)(H,20,22,26). The second-order valence-electron chi connectivity index (χ2n) is 6.74. The normalized spacial score (nSPS) is 17.6. The first-order chi connectivity index (χ1) is 12.6. The minimum atomic E-state index is -0.913. The average Bonchev–Trinajstić information content (AvgIpc) is 2.82. The molecule has 2 unspecified atom stereocenters. The molecule has 27 heavy (non-hydrogen) atoms. The van der Waals surface area contributed by atoms with Crippen LogP contribution in [-0.4, -0.2) is 53.3 Å². The van der Waals surface area contributed by atoms with Crippen LogP contribution in [0.25, 0.3) is 0 Å². The fraction of sp³-hybridized carbons (Fsp3) is 0.667. The van der Waals surface area contributed by atoms with Crippen molar-refractivity contribution in [2.24, 2.45) is 11.8 Å². The maximum Gasteiger partial charge on any atom is 0.232 e. The summed E-state index contributed by atoms with van der Waals surface area (Å²) in [7, 11) is 0. The molecule has 2 atom stereocenters. The molecule has 0 spiro atoms. The molecule has 1 fully saturated rings. The first kappa shape index (κ1) is 22.5. The van der Waals surface area contributed by atoms with E-state index in [0.29, 0.717) is 6.42 Å². The van der Waals surface area contributed by atoms with Crippen molar-refractivity contribution < 1.29 is 28.8 Å². The Hall–Kier alpha value is -2.58. The van der Waals surface area contributed by atoms with Crippen LogP contribution in [0.2, 0.25) is 0 Å². The summed E-state index contributed by atoms with van der Waals surface area (Å²) in [5.41, 5.74) is 0. The van der Waals surface area contributed by atoms with Crippen LogP contribution in [0.15, 0.2) is 0 Å². The van der Waals surface area contributed by atoms with Gasteiger partial charge in [0.2, 0.25) is 29.5 Å². The lowest BCUT2D eigenvalue weighted by Crippen LogP contribution is -2.38. The number of hydrogen-bond acceptors (Lipinski definition) is 6. The van der Waals surface area contributed by atoms with Crippen molar-refractivity contribution in [2.75, 3.05) is 13.1 Å². The van der Waals surface area contributed by atoms with E-state index in [1.807, 2.05) is 0 Å². The van der Waals surface area contributed by atoms with Gasteiger partial charge in [-0.05, 0) is 6.42 Å². The van der Waals surface area contributed by atoms with E-state index in [-0.39, 0.29) is 62.3 Å². The molecule has 0 aromatic rings. The minimum Gasteiger partial charge on any atom is -0.356 e. The number of hydrogen-bond donors (Lipinski definition) is 2. The molecule has 0 aromatic heterocycles. The molecular weight excluding hydrogens is 354 g/mol. The fourth-order valence-corrected chi connectivity index (χ4v) is 2.80. The first-order valence-corrected chi connectivity index (χ1v) is 9.09. The Morgan fingerprint density at radius 1 is 1.19 bits per heavy atom. The SMILES string of the molecule is CCC(=O)CC(CC(=O)NCCCN1C(=O)CC(C)C1=O)C(=O)NC(C)=O. The number of imide groups is 2. The van der Waals surface area contributed by atoms with Crippen LogP contribution >= 0.6 is 0 Å². The molecule has 0 saturated carbocycles. The maximum absolute atomic E-state index is 12.1. The van der Waals surface area contributed by atoms with Crippen molar-refractivity contribution in [3.8, 4) is 0 Å². The summed E-state index contributed by atoms with van der Waals surface area (Å²) in [6.07, 6.45) is 0.515. The van der Waals surface area contributed by atoms with E-state index >= 15 is 0 Å². The number of carbonyl (C=O) groups excluding carboxylic acids is 6. The summed E-state index contributed by atoms with van der Waals surface area (Å²) in [5, 5.41) is 4.72. The third-order valence-electron chi connectivity index (χ3n) is 4.32. The second kappa shape index (κ2) is 10.5. The number of Topliss-reactive ketones (excluding diaryl/α,β-unsaturated/α-hetero) is 1. The molecule has 2 N–H and O–H groups in total. The van der Waals surface area contributed by atoms with Gasteiger partial charge in [0.25, 0.3) is 0 Å². The van der Waals surface area contributed by atoms with E-state index in [0.717, 1.165) is 0 Å². The predicted octanol–water partition coefficient (Wildman–Crippen LogP) is -0.0741. The molecular formula is C18H27N3O6. The molecule has 5 amide bonds. The average molecular weight is 381 g/mol. The topological polar surface area (TPSA) is 130 Å². The van der Waals surface area contributed by atoms with Crippen LogP contribution in [0, 0.1) is 11.8 Å². The van der Waals surface area contributed by atoms with Crippen LogP contribution in [0.3, 0.4) is 0 Å². The minimum absolute atomic E-state index is 0.113. The maximum atomic E-state index is 12.1. The van der Waals surface area contributed by atoms with Gasteiger partial charge in [-0.15, -0.1) is 0 Å². The predicted molar refractivity (Wildman–Crippen MR) is 95.0 cm³/mol. The third-order valence-corrected chi connectivity index (χ3v) is 4.32. The van der Waals surface area contributed by atoms with E-state index in [4.69, 9.17) is 0 Å². The molecule has 1 rings (SSSR count). The smallest absolute Gasteiger partial charge is 0.232 e. The Labute approximate surface area is 158 Å². The number of ketones is 1. The summed E-state index contributed by atoms with van der Waals surface area (Å²) in [5.74, 6) is -3.44. The highest BCUT2D eigenvalue weighted by Gasteiger charge is 2.34. The number of likely N-dealkylation sites (tertiary alicyclic amines) is 1. The molecule has 9 nitrogen and oxygen atoms in total. The summed E-state index contributed by atoms with van der Waals surface area (Å²) >= 11 is 0. The van der Waals surface area contributed by atoms with Crippen LogP contribution in [-0.2, 0) is 28.8 Å². The zero-order valence-electron chi connectivity index (χ0n) is 16.0. The zero-order valence-corrected chi connectivity index (χ0v) is 16.0. The van der Waals surface area contributed by atoms with Gasteiger partial charge in [0, 0.05) is 51.6 Å². The number of nitrogens with one attached hydrogen (secondary N) is 2. The molecule has 0 radical (unpaired) electrons. The number of carbonyl (C=O) groups is 6. The third kappa shape index (κ3) is 7.28. The Balaban J connectivity index is 2.45. The van der Waals surface area contributed by atoms with Crippen molar-refractivity contribution in [2.45, 2.75) is 52.9 Å². The number of rotatable bonds is 10. The van der Waals surface area contributed by atoms with Gasteiger partial charge < -0.3 is 5.32 Å². The molecule has 1 aliphatic heterocycles. The van der Waals surface area contributed by atoms with Gasteiger partial charge >= 0.3 is 0 Å². The zero-order chi connectivity index (χ0) is 20.6. The molecule has 150 valence electrons. The highest BCUT2D eigenvalue weighted by atomic mass is 16.2. The summed E-state index contributed by atoms with van der Waals surface area (Å²) < 4.78 is 0. The number of amides is 5. The van der Waals surface area contributed by atoms with Gasteiger partial charge in [0.1, 0.15) is 5.78 Å². The summed E-state index contributed by atoms with van der Waals surface area (Å²) in [4.78, 5) is 71.4. The summed E-state index contributed by atoms with van der Waals surface area (Å²) in [6.45, 7) is 4.99. The van der Waals surface area contributed by atoms with Crippen molar-refractivity contribution in [1.82, 2.24) is 15.5 Å². The van der Waals surface area contributed by atoms with E-state index in [9.17, 15) is 28.8 Å². The van der Waals surface area contributed by atoms with E-state index in [2.05, 4.69) is 10.6 Å². The molecule has 1 heterocycles. The van der Waals surface area contributed by atoms with E-state index in [1.54, 1.807) is 13.8 Å². The molecule has 9 heteroatoms. The largest absolute Gasteiger partial charge is 0.356 e. The number of nitrogens with zero attached hydrogens (tertiary/aromatic N) is 1. The lowest BCUT2D eigenvalue weighted by molar-refractivity contribution is -0.139. The quantitative estimate of drug-likeness (QED) is 0.402. The van der Waals surface area contributed by atoms with Gasteiger partial charge in [0.05, 0.1) is 5.92 Å². The summed E-state index contributed by atoms with van der Waals surface area (Å²) in [6, 6.07) is 0. The molecule has 0 aromatic carbocycles. The van der Waals surface area contributed by atoms with Crippen LogP contribution < -0.4 is 10.6 Å². The fourth-order valence-electron chi connectivity index (χ4n) is 2.80. The van der Waals surface area contributed by atoms with Crippen LogP contribution in [0.1, 0.15) is 52.9 Å². The lowest BCUT2D eigenvalue weighted by atomic mass is 9.96. The van der Waals surface area contributed by atoms with Gasteiger partial charge in [-0.25, -0.2) is 0 Å². The van der Waals surface area contributed by atoms with E-state index in [1.165, 1.54) is 11.8 Å². The first-order valence-electron chi connectivity index (χ1n) is 9.09. The monoisotopic (exact) mass is 381 g/mol. The van der Waals surface area contributed by atoms with Crippen LogP contribution in [0.4, 0.5) is 0 Å². The molecule has 1 saturated heterocycles. The van der Waals surface area contributed by atoms with Crippen LogP contribution in [0.5, 0.6) is 0 Å². The molecule has 1 aliphatic rings.